The van der Waals surface area contributed by atoms with Crippen molar-refractivity contribution in [3.8, 4) is 0 Å². The number of rotatable bonds is 7. The van der Waals surface area contributed by atoms with E-state index in [0.29, 0.717) is 42.7 Å². The number of nitrogens with one attached hydrogen (secondary N) is 2. The Morgan fingerprint density at radius 3 is 2.57 bits per heavy atom. The third-order valence-corrected chi connectivity index (χ3v) is 6.27. The van der Waals surface area contributed by atoms with Crippen LogP contribution in [0.3, 0.4) is 0 Å². The van der Waals surface area contributed by atoms with E-state index in [2.05, 4.69) is 25.8 Å². The molecule has 1 aliphatic heterocycles. The molecule has 2 rings (SSSR count). The highest BCUT2D eigenvalue weighted by molar-refractivity contribution is 7.90. The number of aliphatic imine (C=N–C) groups is 1. The molecule has 0 saturated carbocycles. The molecule has 28 heavy (non-hydrogen) atoms. The van der Waals surface area contributed by atoms with Crippen molar-refractivity contribution >= 4 is 16.0 Å². The van der Waals surface area contributed by atoms with Gasteiger partial charge in [0.25, 0.3) is 0 Å². The molecule has 0 bridgehead atoms. The van der Waals surface area contributed by atoms with Crippen LogP contribution in [0.5, 0.6) is 0 Å². The lowest BCUT2D eigenvalue weighted by atomic mass is 9.98. The van der Waals surface area contributed by atoms with Crippen molar-refractivity contribution in [2.75, 3.05) is 33.2 Å². The number of alkyl halides is 3. The monoisotopic (exact) mass is 425 g/mol. The molecule has 0 spiro atoms. The molecule has 1 aromatic rings. The van der Waals surface area contributed by atoms with Crippen LogP contribution in [0.4, 0.5) is 13.2 Å². The van der Waals surface area contributed by atoms with Crippen LogP contribution < -0.4 is 10.6 Å². The molecule has 9 nitrogen and oxygen atoms in total. The zero-order valence-corrected chi connectivity index (χ0v) is 16.7. The maximum Gasteiger partial charge on any atom is 0.511 e. The van der Waals surface area contributed by atoms with Crippen molar-refractivity contribution in [3.63, 3.8) is 0 Å². The number of piperidine rings is 1. The van der Waals surface area contributed by atoms with Crippen LogP contribution in [0.15, 0.2) is 11.3 Å². The first-order valence-corrected chi connectivity index (χ1v) is 10.5. The van der Waals surface area contributed by atoms with Crippen molar-refractivity contribution in [2.45, 2.75) is 38.2 Å². The Morgan fingerprint density at radius 2 is 2.00 bits per heavy atom. The lowest BCUT2D eigenvalue weighted by Crippen LogP contribution is -2.47. The average molecular weight is 425 g/mol. The van der Waals surface area contributed by atoms with Gasteiger partial charge in [-0.1, -0.05) is 6.92 Å². The molecule has 0 radical (unpaired) electrons. The molecule has 1 aromatic heterocycles. The number of guanidine groups is 1. The molecule has 2 N–H and O–H groups in total. The summed E-state index contributed by atoms with van der Waals surface area (Å²) in [5.74, 6) is 1.55. The molecule has 0 atom stereocenters. The predicted octanol–water partition coefficient (Wildman–Crippen LogP) is 0.567. The Balaban J connectivity index is 1.73. The van der Waals surface area contributed by atoms with Gasteiger partial charge in [0, 0.05) is 46.2 Å². The summed E-state index contributed by atoms with van der Waals surface area (Å²) >= 11 is 0. The maximum atomic E-state index is 12.6. The molecule has 0 amide bonds. The largest absolute Gasteiger partial charge is 0.511 e. The SMILES string of the molecule is CCc1nncn1CCNC(=NC)NCC1CCN(S(=O)(=O)C(F)(F)F)CC1. The Labute approximate surface area is 162 Å². The lowest BCUT2D eigenvalue weighted by Gasteiger charge is -2.31. The molecule has 0 aliphatic carbocycles. The third kappa shape index (κ3) is 5.56. The molecular weight excluding hydrogens is 399 g/mol. The summed E-state index contributed by atoms with van der Waals surface area (Å²) in [6, 6.07) is 0. The van der Waals surface area contributed by atoms with Crippen LogP contribution in [0.25, 0.3) is 0 Å². The van der Waals surface area contributed by atoms with Gasteiger partial charge in [0.15, 0.2) is 5.96 Å². The zero-order chi connectivity index (χ0) is 20.8. The second kappa shape index (κ2) is 9.54. The van der Waals surface area contributed by atoms with Crippen LogP contribution in [-0.2, 0) is 23.0 Å². The summed E-state index contributed by atoms with van der Waals surface area (Å²) in [6.07, 6.45) is 3.18. The van der Waals surface area contributed by atoms with Gasteiger partial charge >= 0.3 is 15.5 Å². The summed E-state index contributed by atoms with van der Waals surface area (Å²) in [5.41, 5.74) is -5.24. The molecular formula is C15H26F3N7O2S. The highest BCUT2D eigenvalue weighted by atomic mass is 32.2. The van der Waals surface area contributed by atoms with Gasteiger partial charge < -0.3 is 15.2 Å². The standard InChI is InChI=1S/C15H26F3N7O2S/c1-3-13-23-22-11-24(13)9-6-20-14(19-2)21-10-12-4-7-25(8-5-12)28(26,27)15(16,17)18/h11-12H,3-10H2,1-2H3,(H2,19,20,21). The van der Waals surface area contributed by atoms with Crippen molar-refractivity contribution in [1.82, 2.24) is 29.7 Å². The third-order valence-electron chi connectivity index (χ3n) is 4.64. The summed E-state index contributed by atoms with van der Waals surface area (Å²) in [7, 11) is -3.60. The molecule has 0 aromatic carbocycles. The van der Waals surface area contributed by atoms with E-state index in [0.717, 1.165) is 12.2 Å². The van der Waals surface area contributed by atoms with Crippen molar-refractivity contribution in [1.29, 1.82) is 0 Å². The summed E-state index contributed by atoms with van der Waals surface area (Å²) < 4.78 is 63.1. The fourth-order valence-corrected chi connectivity index (χ4v) is 3.98. The number of hydrogen-bond acceptors (Lipinski definition) is 5. The summed E-state index contributed by atoms with van der Waals surface area (Å²) in [4.78, 5) is 4.12. The first-order chi connectivity index (χ1) is 13.2. The van der Waals surface area contributed by atoms with E-state index in [1.54, 1.807) is 13.4 Å². The number of aryl methyl sites for hydroxylation is 1. The second-order valence-corrected chi connectivity index (χ2v) is 8.40. The minimum Gasteiger partial charge on any atom is -0.356 e. The van der Waals surface area contributed by atoms with Gasteiger partial charge in [-0.05, 0) is 18.8 Å². The van der Waals surface area contributed by atoms with Crippen molar-refractivity contribution < 1.29 is 21.6 Å². The minimum atomic E-state index is -5.24. The quantitative estimate of drug-likeness (QED) is 0.489. The van der Waals surface area contributed by atoms with Crippen molar-refractivity contribution in [2.24, 2.45) is 10.9 Å². The van der Waals surface area contributed by atoms with Gasteiger partial charge in [0.05, 0.1) is 0 Å². The van der Waals surface area contributed by atoms with E-state index in [1.807, 2.05) is 11.5 Å². The molecule has 2 heterocycles. The van der Waals surface area contributed by atoms with Gasteiger partial charge in [-0.3, -0.25) is 4.99 Å². The lowest BCUT2D eigenvalue weighted by molar-refractivity contribution is -0.0496. The zero-order valence-electron chi connectivity index (χ0n) is 15.9. The molecule has 1 aliphatic rings. The first-order valence-electron chi connectivity index (χ1n) is 9.06. The van der Waals surface area contributed by atoms with Gasteiger partial charge in [-0.2, -0.15) is 17.5 Å². The fourth-order valence-electron chi connectivity index (χ4n) is 3.00. The maximum absolute atomic E-state index is 12.6. The normalized spacial score (nSPS) is 17.7. The van der Waals surface area contributed by atoms with Gasteiger partial charge in [0.2, 0.25) is 0 Å². The predicted molar refractivity (Wildman–Crippen MR) is 98.0 cm³/mol. The Bertz CT molecular complexity index is 756. The van der Waals surface area contributed by atoms with E-state index in [-0.39, 0.29) is 19.0 Å². The number of aromatic nitrogens is 3. The highest BCUT2D eigenvalue weighted by Crippen LogP contribution is 2.30. The van der Waals surface area contributed by atoms with Crippen LogP contribution in [0.1, 0.15) is 25.6 Å². The van der Waals surface area contributed by atoms with E-state index in [1.165, 1.54) is 0 Å². The number of sulfonamides is 1. The molecule has 13 heteroatoms. The Morgan fingerprint density at radius 1 is 1.32 bits per heavy atom. The van der Waals surface area contributed by atoms with Crippen LogP contribution >= 0.6 is 0 Å². The topological polar surface area (TPSA) is 105 Å². The van der Waals surface area contributed by atoms with Crippen LogP contribution in [-0.4, -0.2) is 72.2 Å². The highest BCUT2D eigenvalue weighted by Gasteiger charge is 2.50. The number of nitrogens with zero attached hydrogens (tertiary/aromatic N) is 5. The van der Waals surface area contributed by atoms with Crippen LogP contribution in [0.2, 0.25) is 0 Å². The second-order valence-electron chi connectivity index (χ2n) is 6.47. The van der Waals surface area contributed by atoms with Gasteiger partial charge in [-0.25, -0.2) is 8.42 Å². The van der Waals surface area contributed by atoms with Gasteiger partial charge in [-0.15, -0.1) is 10.2 Å². The van der Waals surface area contributed by atoms with Crippen LogP contribution in [0, 0.1) is 5.92 Å². The smallest absolute Gasteiger partial charge is 0.356 e. The Kier molecular flexibility index (Phi) is 7.63. The summed E-state index contributed by atoms with van der Waals surface area (Å²) in [6.45, 7) is 3.52. The molecule has 1 saturated heterocycles. The average Bonchev–Trinajstić information content (AvgIpc) is 3.11. The fraction of sp³-hybridized carbons (Fsp3) is 0.800. The molecule has 1 fully saturated rings. The first kappa shape index (κ1) is 22.4. The molecule has 0 unspecified atom stereocenters. The van der Waals surface area contributed by atoms with E-state index in [4.69, 9.17) is 0 Å². The van der Waals surface area contributed by atoms with E-state index >= 15 is 0 Å². The molecule has 160 valence electrons. The van der Waals surface area contributed by atoms with Gasteiger partial charge in [0.1, 0.15) is 12.2 Å². The van der Waals surface area contributed by atoms with E-state index < -0.39 is 15.5 Å². The van der Waals surface area contributed by atoms with E-state index in [9.17, 15) is 21.6 Å². The summed E-state index contributed by atoms with van der Waals surface area (Å²) in [5, 5.41) is 14.2. The van der Waals surface area contributed by atoms with Crippen molar-refractivity contribution in [3.05, 3.63) is 12.2 Å². The minimum absolute atomic E-state index is 0.0720. The number of halogens is 3. The number of hydrogen-bond donors (Lipinski definition) is 2. The Hall–Kier alpha value is -1.89.